The minimum Gasteiger partial charge on any atom is -0.333 e. The Kier molecular flexibility index (Phi) is 71.8. The summed E-state index contributed by atoms with van der Waals surface area (Å²) < 4.78 is 0. The van der Waals surface area contributed by atoms with Crippen LogP contribution in [0.15, 0.2) is 0 Å². The van der Waals surface area contributed by atoms with E-state index in [4.69, 9.17) is 0 Å². The molecule has 0 unspecified atom stereocenters. The van der Waals surface area contributed by atoms with Gasteiger partial charge in [-0.1, -0.05) is 67.7 Å². The normalized spacial score (nSPS) is 6.92. The number of hydrogen-bond acceptors (Lipinski definition) is 1. The van der Waals surface area contributed by atoms with Crippen LogP contribution in [0, 0.1) is 5.92 Å². The molecule has 0 aliphatic heterocycles. The summed E-state index contributed by atoms with van der Waals surface area (Å²) in [5.41, 5.74) is 4.50. The van der Waals surface area contributed by atoms with E-state index < -0.39 is 0 Å². The maximum atomic E-state index is 4.50. The van der Waals surface area contributed by atoms with Crippen molar-refractivity contribution in [3.63, 3.8) is 0 Å². The highest BCUT2D eigenvalue weighted by Gasteiger charge is 1.88. The lowest BCUT2D eigenvalue weighted by atomic mass is 10.1. The molecule has 0 amide bonds. The van der Waals surface area contributed by atoms with Crippen LogP contribution in [0.1, 0.15) is 67.7 Å². The quantitative estimate of drug-likeness (QED) is 0.685. The van der Waals surface area contributed by atoms with Gasteiger partial charge in [0, 0.05) is 0 Å². The van der Waals surface area contributed by atoms with Crippen LogP contribution < -0.4 is 5.73 Å². The number of nitrogens with two attached hydrogens (primary N) is 1. The molecule has 1 nitrogen and oxygen atoms in total. The first kappa shape index (κ1) is 23.1. The van der Waals surface area contributed by atoms with Crippen molar-refractivity contribution in [3.05, 3.63) is 0 Å². The first-order valence-corrected chi connectivity index (χ1v) is 5.80. The molecule has 0 fully saturated rings. The molecule has 0 aliphatic carbocycles. The van der Waals surface area contributed by atoms with Gasteiger partial charge in [-0.2, -0.15) is 0 Å². The summed E-state index contributed by atoms with van der Waals surface area (Å²) in [6.45, 7) is 15.0. The predicted molar refractivity (Wildman–Crippen MR) is 67.2 cm³/mol. The van der Waals surface area contributed by atoms with Crippen molar-refractivity contribution in [2.24, 2.45) is 11.7 Å². The van der Waals surface area contributed by atoms with E-state index >= 15 is 0 Å². The van der Waals surface area contributed by atoms with E-state index in [-0.39, 0.29) is 0 Å². The molecule has 0 spiro atoms. The van der Waals surface area contributed by atoms with E-state index in [1.807, 2.05) is 13.8 Å². The van der Waals surface area contributed by atoms with E-state index in [0.29, 0.717) is 0 Å². The number of rotatable bonds is 2. The molecule has 86 valence electrons. The fourth-order valence-corrected chi connectivity index (χ4v) is 0.289. The lowest BCUT2D eigenvalue weighted by Crippen LogP contribution is -1.85. The third-order valence-electron chi connectivity index (χ3n) is 1.39. The Morgan fingerprint density at radius 3 is 1.00 bits per heavy atom. The fraction of sp³-hybridized carbons (Fsp3) is 1.00. The Morgan fingerprint density at radius 2 is 1.00 bits per heavy atom. The van der Waals surface area contributed by atoms with Gasteiger partial charge in [0.2, 0.25) is 0 Å². The summed E-state index contributed by atoms with van der Waals surface area (Å²) in [6, 6.07) is 0. The van der Waals surface area contributed by atoms with Gasteiger partial charge < -0.3 is 5.73 Å². The lowest BCUT2D eigenvalue weighted by Gasteiger charge is -1.98. The van der Waals surface area contributed by atoms with Gasteiger partial charge in [-0.3, -0.25) is 0 Å². The Bertz CT molecular complexity index is 32.1. The average molecular weight is 191 g/mol. The summed E-state index contributed by atoms with van der Waals surface area (Å²) in [5, 5.41) is 0. The molecular weight excluding hydrogens is 158 g/mol. The van der Waals surface area contributed by atoms with Crippen LogP contribution in [-0.2, 0) is 0 Å². The van der Waals surface area contributed by atoms with Crippen molar-refractivity contribution in [1.82, 2.24) is 0 Å². The zero-order valence-corrected chi connectivity index (χ0v) is 11.3. The van der Waals surface area contributed by atoms with Gasteiger partial charge in [-0.25, -0.2) is 0 Å². The highest BCUT2D eigenvalue weighted by molar-refractivity contribution is 4.41. The molecule has 1 heteroatoms. The van der Waals surface area contributed by atoms with Crippen molar-refractivity contribution < 1.29 is 0 Å². The second kappa shape index (κ2) is 40.4. The summed E-state index contributed by atoms with van der Waals surface area (Å²) in [7, 11) is 1.50. The summed E-state index contributed by atoms with van der Waals surface area (Å²) in [6.07, 6.45) is 3.91. The van der Waals surface area contributed by atoms with Gasteiger partial charge in [0.25, 0.3) is 0 Å². The molecule has 0 aromatic rings. The smallest absolute Gasteiger partial charge is 0.0195 e. The predicted octanol–water partition coefficient (Wildman–Crippen LogP) is 4.46. The van der Waals surface area contributed by atoms with Crippen molar-refractivity contribution in [2.75, 3.05) is 7.05 Å². The van der Waals surface area contributed by atoms with Gasteiger partial charge in [-0.15, -0.1) is 0 Å². The minimum absolute atomic E-state index is 0.935. The molecule has 0 atom stereocenters. The maximum Gasteiger partial charge on any atom is -0.0195 e. The Hall–Kier alpha value is -0.0400. The second-order valence-corrected chi connectivity index (χ2v) is 2.63. The van der Waals surface area contributed by atoms with Crippen molar-refractivity contribution in [3.8, 4) is 0 Å². The van der Waals surface area contributed by atoms with E-state index in [2.05, 4.69) is 40.4 Å². The van der Waals surface area contributed by atoms with Gasteiger partial charge in [0.1, 0.15) is 0 Å². The molecule has 0 aromatic carbocycles. The van der Waals surface area contributed by atoms with Crippen LogP contribution in [0.5, 0.6) is 0 Å². The van der Waals surface area contributed by atoms with Crippen LogP contribution in [0.25, 0.3) is 0 Å². The highest BCUT2D eigenvalue weighted by Crippen LogP contribution is 2.02. The summed E-state index contributed by atoms with van der Waals surface area (Å²) in [4.78, 5) is 0. The maximum absolute atomic E-state index is 4.50. The van der Waals surface area contributed by atoms with Gasteiger partial charge in [-0.05, 0) is 13.0 Å². The SMILES string of the molecule is CC.CCC.CCC(C)CC.CN. The molecule has 0 aromatic heterocycles. The first-order chi connectivity index (χ1) is 6.22. The van der Waals surface area contributed by atoms with E-state index in [1.54, 1.807) is 0 Å². The lowest BCUT2D eigenvalue weighted by molar-refractivity contribution is 0.544. The van der Waals surface area contributed by atoms with Crippen LogP contribution in [0.3, 0.4) is 0 Å². The molecule has 0 radical (unpaired) electrons. The molecular formula is C12H33N. The highest BCUT2D eigenvalue weighted by atomic mass is 14.4. The largest absolute Gasteiger partial charge is 0.333 e. The Morgan fingerprint density at radius 1 is 0.846 bits per heavy atom. The van der Waals surface area contributed by atoms with E-state index in [9.17, 15) is 0 Å². The molecule has 0 saturated heterocycles. The van der Waals surface area contributed by atoms with Crippen LogP contribution in [0.2, 0.25) is 0 Å². The third kappa shape index (κ3) is 75.7. The van der Waals surface area contributed by atoms with Crippen molar-refractivity contribution in [2.45, 2.75) is 67.7 Å². The van der Waals surface area contributed by atoms with Crippen LogP contribution in [-0.4, -0.2) is 7.05 Å². The van der Waals surface area contributed by atoms with Crippen LogP contribution in [0.4, 0.5) is 0 Å². The molecule has 0 bridgehead atoms. The topological polar surface area (TPSA) is 26.0 Å². The minimum atomic E-state index is 0.935. The van der Waals surface area contributed by atoms with E-state index in [1.165, 1.54) is 26.3 Å². The average Bonchev–Trinajstić information content (AvgIpc) is 2.24. The Labute approximate surface area is 87.1 Å². The summed E-state index contributed by atoms with van der Waals surface area (Å²) in [5.74, 6) is 0.935. The molecule has 2 N–H and O–H groups in total. The summed E-state index contributed by atoms with van der Waals surface area (Å²) >= 11 is 0. The van der Waals surface area contributed by atoms with Gasteiger partial charge in [0.15, 0.2) is 0 Å². The molecule has 0 saturated carbocycles. The molecule has 0 aliphatic rings. The zero-order valence-electron chi connectivity index (χ0n) is 11.3. The molecule has 0 rings (SSSR count). The van der Waals surface area contributed by atoms with Crippen molar-refractivity contribution >= 4 is 0 Å². The van der Waals surface area contributed by atoms with Gasteiger partial charge >= 0.3 is 0 Å². The Balaban J connectivity index is -0.0000000493. The van der Waals surface area contributed by atoms with E-state index in [0.717, 1.165) is 5.92 Å². The molecule has 13 heavy (non-hydrogen) atoms. The number of hydrogen-bond donors (Lipinski definition) is 1. The van der Waals surface area contributed by atoms with Gasteiger partial charge in [0.05, 0.1) is 0 Å². The first-order valence-electron chi connectivity index (χ1n) is 5.80. The van der Waals surface area contributed by atoms with Crippen LogP contribution >= 0.6 is 0 Å². The second-order valence-electron chi connectivity index (χ2n) is 2.63. The standard InChI is InChI=1S/C6H14.C3H8.C2H6.CH5N/c1-4-6(3)5-2;1-3-2;2*1-2/h6H,4-5H2,1-3H3;3H2,1-2H3;1-2H3;2H2,1H3. The fourth-order valence-electron chi connectivity index (χ4n) is 0.289. The third-order valence-corrected chi connectivity index (χ3v) is 1.39. The zero-order chi connectivity index (χ0) is 11.7. The van der Waals surface area contributed by atoms with Crippen molar-refractivity contribution in [1.29, 1.82) is 0 Å². The monoisotopic (exact) mass is 191 g/mol. The molecule has 0 heterocycles.